The van der Waals surface area contributed by atoms with E-state index in [0.717, 1.165) is 5.56 Å². The summed E-state index contributed by atoms with van der Waals surface area (Å²) in [4.78, 5) is 21.6. The van der Waals surface area contributed by atoms with Crippen molar-refractivity contribution in [3.8, 4) is 0 Å². The first-order chi connectivity index (χ1) is 7.63. The lowest BCUT2D eigenvalue weighted by Gasteiger charge is -2.13. The minimum absolute atomic E-state index is 0.156. The quantitative estimate of drug-likeness (QED) is 0.438. The molecule has 86 valence electrons. The normalized spacial score (nSPS) is 11.6. The maximum atomic E-state index is 10.8. The van der Waals surface area contributed by atoms with Crippen molar-refractivity contribution in [2.75, 3.05) is 0 Å². The van der Waals surface area contributed by atoms with Crippen molar-refractivity contribution >= 4 is 12.0 Å². The largest absolute Gasteiger partial charge is 0.480 e. The van der Waals surface area contributed by atoms with Gasteiger partial charge in [-0.25, -0.2) is 15.1 Å². The molecule has 0 radical (unpaired) electrons. The van der Waals surface area contributed by atoms with Crippen molar-refractivity contribution in [2.24, 2.45) is 0 Å². The number of nitrogens with one attached hydrogen (secondary N) is 2. The van der Waals surface area contributed by atoms with Crippen LogP contribution in [0.25, 0.3) is 0 Å². The lowest BCUT2D eigenvalue weighted by atomic mass is 10.1. The Balaban J connectivity index is 2.65. The summed E-state index contributed by atoms with van der Waals surface area (Å²) in [6.07, 6.45) is 0.156. The molecule has 6 heteroatoms. The van der Waals surface area contributed by atoms with Gasteiger partial charge in [0.15, 0.2) is 0 Å². The van der Waals surface area contributed by atoms with E-state index in [1.54, 1.807) is 24.3 Å². The van der Waals surface area contributed by atoms with E-state index in [1.165, 1.54) is 5.48 Å². The summed E-state index contributed by atoms with van der Waals surface area (Å²) in [5, 5.41) is 19.2. The van der Waals surface area contributed by atoms with Crippen LogP contribution in [0.1, 0.15) is 5.56 Å². The van der Waals surface area contributed by atoms with Crippen LogP contribution in [0.5, 0.6) is 0 Å². The monoisotopic (exact) mass is 224 g/mol. The first-order valence-corrected chi connectivity index (χ1v) is 4.61. The summed E-state index contributed by atoms with van der Waals surface area (Å²) >= 11 is 0. The molecule has 0 fully saturated rings. The number of benzene rings is 1. The number of urea groups is 1. The number of carbonyl (C=O) groups excluding carboxylic acids is 1. The second-order valence-electron chi connectivity index (χ2n) is 3.17. The molecule has 1 aromatic carbocycles. The highest BCUT2D eigenvalue weighted by Crippen LogP contribution is 2.03. The van der Waals surface area contributed by atoms with E-state index < -0.39 is 18.0 Å². The molecule has 0 heterocycles. The van der Waals surface area contributed by atoms with Crippen molar-refractivity contribution in [1.82, 2.24) is 10.8 Å². The number of aliphatic carboxylic acids is 1. The van der Waals surface area contributed by atoms with Gasteiger partial charge in [0, 0.05) is 6.42 Å². The van der Waals surface area contributed by atoms with Crippen LogP contribution in [0.15, 0.2) is 30.3 Å². The van der Waals surface area contributed by atoms with E-state index in [4.69, 9.17) is 10.3 Å². The number of hydroxylamine groups is 1. The zero-order valence-electron chi connectivity index (χ0n) is 8.38. The van der Waals surface area contributed by atoms with Crippen molar-refractivity contribution in [3.05, 3.63) is 35.9 Å². The maximum absolute atomic E-state index is 10.8. The van der Waals surface area contributed by atoms with Gasteiger partial charge in [0.25, 0.3) is 0 Å². The Kier molecular flexibility index (Phi) is 4.28. The van der Waals surface area contributed by atoms with E-state index in [9.17, 15) is 9.59 Å². The summed E-state index contributed by atoms with van der Waals surface area (Å²) < 4.78 is 0. The van der Waals surface area contributed by atoms with Crippen LogP contribution in [0.3, 0.4) is 0 Å². The number of hydrogen-bond donors (Lipinski definition) is 4. The van der Waals surface area contributed by atoms with E-state index >= 15 is 0 Å². The number of carboxylic acids is 1. The first-order valence-electron chi connectivity index (χ1n) is 4.61. The Morgan fingerprint density at radius 2 is 1.88 bits per heavy atom. The van der Waals surface area contributed by atoms with Gasteiger partial charge in [-0.1, -0.05) is 30.3 Å². The molecule has 0 aliphatic heterocycles. The minimum atomic E-state index is -1.16. The minimum Gasteiger partial charge on any atom is -0.480 e. The topological polar surface area (TPSA) is 98.7 Å². The van der Waals surface area contributed by atoms with Gasteiger partial charge >= 0.3 is 12.0 Å². The number of rotatable bonds is 4. The van der Waals surface area contributed by atoms with Gasteiger partial charge in [-0.3, -0.25) is 5.21 Å². The molecule has 0 saturated heterocycles. The van der Waals surface area contributed by atoms with Gasteiger partial charge in [0.1, 0.15) is 6.04 Å². The van der Waals surface area contributed by atoms with Gasteiger partial charge < -0.3 is 10.4 Å². The Hall–Kier alpha value is -2.08. The fourth-order valence-electron chi connectivity index (χ4n) is 1.24. The highest BCUT2D eigenvalue weighted by Gasteiger charge is 2.19. The fraction of sp³-hybridized carbons (Fsp3) is 0.200. The molecule has 0 aliphatic carbocycles. The molecule has 4 N–H and O–H groups in total. The molecule has 16 heavy (non-hydrogen) atoms. The lowest BCUT2D eigenvalue weighted by Crippen LogP contribution is -2.46. The van der Waals surface area contributed by atoms with Crippen molar-refractivity contribution in [3.63, 3.8) is 0 Å². The number of carboxylic acid groups (broad SMARTS) is 1. The average Bonchev–Trinajstić information content (AvgIpc) is 2.29. The standard InChI is InChI=1S/C10H12N2O4/c13-9(14)8(11-10(15)12-16)6-7-4-2-1-3-5-7/h1-5,8,16H,6H2,(H,13,14)(H2,11,12,15)/t8-/m0/s1. The van der Waals surface area contributed by atoms with Gasteiger partial charge in [-0.15, -0.1) is 0 Å². The van der Waals surface area contributed by atoms with Crippen LogP contribution in [-0.2, 0) is 11.2 Å². The SMILES string of the molecule is O=C(NO)N[C@@H](Cc1ccccc1)C(=O)O. The van der Waals surface area contributed by atoms with Crippen LogP contribution in [0, 0.1) is 0 Å². The Morgan fingerprint density at radius 1 is 1.25 bits per heavy atom. The third-order valence-corrected chi connectivity index (χ3v) is 1.99. The summed E-state index contributed by atoms with van der Waals surface area (Å²) in [7, 11) is 0. The predicted octanol–water partition coefficient (Wildman–Crippen LogP) is 0.371. The van der Waals surface area contributed by atoms with Crippen LogP contribution < -0.4 is 10.8 Å². The summed E-state index contributed by atoms with van der Waals surface area (Å²) in [5.41, 5.74) is 2.11. The molecule has 0 bridgehead atoms. The van der Waals surface area contributed by atoms with Gasteiger partial charge in [-0.2, -0.15) is 0 Å². The Labute approximate surface area is 91.9 Å². The molecule has 1 rings (SSSR count). The Bertz CT molecular complexity index is 366. The van der Waals surface area contributed by atoms with Crippen LogP contribution in [-0.4, -0.2) is 28.4 Å². The molecule has 0 aliphatic rings. The van der Waals surface area contributed by atoms with Gasteiger partial charge in [-0.05, 0) is 5.56 Å². The molecular formula is C10H12N2O4. The third kappa shape index (κ3) is 3.58. The smallest absolute Gasteiger partial charge is 0.339 e. The summed E-state index contributed by atoms with van der Waals surface area (Å²) in [5.74, 6) is -1.16. The van der Waals surface area contributed by atoms with E-state index in [1.807, 2.05) is 6.07 Å². The predicted molar refractivity (Wildman–Crippen MR) is 55.0 cm³/mol. The van der Waals surface area contributed by atoms with Gasteiger partial charge in [0.2, 0.25) is 0 Å². The molecule has 0 saturated carbocycles. The molecule has 1 aromatic rings. The maximum Gasteiger partial charge on any atom is 0.339 e. The van der Waals surface area contributed by atoms with Crippen LogP contribution in [0.2, 0.25) is 0 Å². The van der Waals surface area contributed by atoms with Crippen molar-refractivity contribution in [1.29, 1.82) is 0 Å². The number of hydrogen-bond acceptors (Lipinski definition) is 3. The van der Waals surface area contributed by atoms with E-state index in [-0.39, 0.29) is 6.42 Å². The van der Waals surface area contributed by atoms with Crippen LogP contribution in [0.4, 0.5) is 4.79 Å². The van der Waals surface area contributed by atoms with Crippen molar-refractivity contribution in [2.45, 2.75) is 12.5 Å². The second kappa shape index (κ2) is 5.72. The average molecular weight is 224 g/mol. The Morgan fingerprint density at radius 3 is 2.38 bits per heavy atom. The van der Waals surface area contributed by atoms with E-state index in [0.29, 0.717) is 0 Å². The number of carbonyl (C=O) groups is 2. The zero-order valence-corrected chi connectivity index (χ0v) is 8.38. The summed E-state index contributed by atoms with van der Waals surface area (Å²) in [6, 6.07) is 6.87. The van der Waals surface area contributed by atoms with Crippen molar-refractivity contribution < 1.29 is 19.9 Å². The van der Waals surface area contributed by atoms with E-state index in [2.05, 4.69) is 5.32 Å². The molecule has 0 spiro atoms. The fourth-order valence-corrected chi connectivity index (χ4v) is 1.24. The molecule has 1 atom stereocenters. The molecule has 2 amide bonds. The molecule has 0 aromatic heterocycles. The first kappa shape index (κ1) is 12.0. The second-order valence-corrected chi connectivity index (χ2v) is 3.17. The van der Waals surface area contributed by atoms with Gasteiger partial charge in [0.05, 0.1) is 0 Å². The molecule has 0 unspecified atom stereocenters. The number of amides is 2. The zero-order chi connectivity index (χ0) is 12.0. The molecule has 6 nitrogen and oxygen atoms in total. The molecular weight excluding hydrogens is 212 g/mol. The lowest BCUT2D eigenvalue weighted by molar-refractivity contribution is -0.139. The summed E-state index contributed by atoms with van der Waals surface area (Å²) in [6.45, 7) is 0. The highest BCUT2D eigenvalue weighted by molar-refractivity contribution is 5.82. The van der Waals surface area contributed by atoms with Crippen LogP contribution >= 0.6 is 0 Å². The third-order valence-electron chi connectivity index (χ3n) is 1.99. The highest BCUT2D eigenvalue weighted by atomic mass is 16.5.